The number of hydrogen-bond donors (Lipinski definition) is 2. The normalized spacial score (nSPS) is 12.1. The minimum atomic E-state index is -3.65. The summed E-state index contributed by atoms with van der Waals surface area (Å²) in [5.41, 5.74) is 6.21. The molecule has 0 aliphatic heterocycles. The minimum Gasteiger partial charge on any atom is -0.352 e. The van der Waals surface area contributed by atoms with E-state index in [1.54, 1.807) is 30.4 Å². The first-order valence-electron chi connectivity index (χ1n) is 7.06. The van der Waals surface area contributed by atoms with Crippen LogP contribution in [-0.4, -0.2) is 20.3 Å². The molecule has 0 aliphatic rings. The Morgan fingerprint density at radius 2 is 2.00 bits per heavy atom. The summed E-state index contributed by atoms with van der Waals surface area (Å²) < 4.78 is 24.9. The van der Waals surface area contributed by atoms with Gasteiger partial charge in [-0.3, -0.25) is 0 Å². The van der Waals surface area contributed by atoms with Crippen LogP contribution in [-0.2, 0) is 15.3 Å². The molecule has 0 unspecified atom stereocenters. The van der Waals surface area contributed by atoms with Gasteiger partial charge in [-0.2, -0.15) is 0 Å². The van der Waals surface area contributed by atoms with Gasteiger partial charge in [0, 0.05) is 10.3 Å². The van der Waals surface area contributed by atoms with Crippen molar-refractivity contribution in [3.05, 3.63) is 51.7 Å². The Balaban J connectivity index is 2.46. The van der Waals surface area contributed by atoms with Crippen LogP contribution in [0.25, 0.3) is 0 Å². The van der Waals surface area contributed by atoms with E-state index in [1.165, 1.54) is 0 Å². The molecule has 1 heterocycles. The Morgan fingerprint density at radius 3 is 2.57 bits per heavy atom. The third-order valence-corrected chi connectivity index (χ3v) is 6.65. The summed E-state index contributed by atoms with van der Waals surface area (Å²) in [5.74, 6) is -0.508. The lowest BCUT2D eigenvalue weighted by molar-refractivity contribution is 0.250. The number of sulfone groups is 1. The van der Waals surface area contributed by atoms with Crippen LogP contribution in [0.5, 0.6) is 0 Å². The minimum absolute atomic E-state index is 0.216. The molecule has 7 heteroatoms. The molecular weight excluding hydrogens is 332 g/mol. The van der Waals surface area contributed by atoms with Crippen molar-refractivity contribution in [2.75, 3.05) is 5.88 Å². The fourth-order valence-electron chi connectivity index (χ4n) is 2.34. The molecule has 0 spiro atoms. The highest BCUT2D eigenvalue weighted by atomic mass is 32.2. The number of nitrogens with one attached hydrogen (secondary N) is 1. The first-order valence-corrected chi connectivity index (χ1v) is 9.59. The number of thiophene rings is 1. The lowest BCUT2D eigenvalue weighted by atomic mass is 9.83. The molecule has 2 amide bonds. The number of hydrogen-bond acceptors (Lipinski definition) is 4. The van der Waals surface area contributed by atoms with Crippen LogP contribution in [0.15, 0.2) is 40.6 Å². The van der Waals surface area contributed by atoms with Crippen molar-refractivity contribution >= 4 is 27.2 Å². The van der Waals surface area contributed by atoms with E-state index in [9.17, 15) is 13.2 Å². The molecule has 3 N–H and O–H groups in total. The summed E-state index contributed by atoms with van der Waals surface area (Å²) in [4.78, 5) is 12.2. The largest absolute Gasteiger partial charge is 0.352 e. The Hall–Kier alpha value is -1.86. The molecule has 5 nitrogen and oxygen atoms in total. The van der Waals surface area contributed by atoms with E-state index < -0.39 is 21.7 Å². The lowest BCUT2D eigenvalue weighted by Crippen LogP contribution is -2.34. The van der Waals surface area contributed by atoms with E-state index in [0.717, 1.165) is 10.4 Å². The van der Waals surface area contributed by atoms with Crippen molar-refractivity contribution in [1.29, 1.82) is 0 Å². The third kappa shape index (κ3) is 3.73. The zero-order valence-corrected chi connectivity index (χ0v) is 14.9. The summed E-state index contributed by atoms with van der Waals surface area (Å²) >= 11 is 1.63. The van der Waals surface area contributed by atoms with Gasteiger partial charge in [-0.05, 0) is 35.6 Å². The molecule has 124 valence electrons. The van der Waals surface area contributed by atoms with Crippen molar-refractivity contribution in [3.8, 4) is 0 Å². The Kier molecular flexibility index (Phi) is 4.81. The maximum atomic E-state index is 12.5. The predicted octanol–water partition coefficient (Wildman–Crippen LogP) is 2.78. The van der Waals surface area contributed by atoms with Crippen LogP contribution < -0.4 is 11.1 Å². The SMILES string of the molecule is Cc1ccc(C(C)(C)c2cccs2)cc1S(=O)(=O)CNC(N)=O. The van der Waals surface area contributed by atoms with E-state index >= 15 is 0 Å². The second-order valence-corrected chi connectivity index (χ2v) is 8.79. The van der Waals surface area contributed by atoms with Gasteiger partial charge < -0.3 is 11.1 Å². The number of primary amides is 1. The van der Waals surface area contributed by atoms with E-state index in [2.05, 4.69) is 19.2 Å². The summed E-state index contributed by atoms with van der Waals surface area (Å²) in [6.45, 7) is 5.85. The fraction of sp³-hybridized carbons (Fsp3) is 0.312. The topological polar surface area (TPSA) is 89.3 Å². The summed E-state index contributed by atoms with van der Waals surface area (Å²) in [5, 5.41) is 4.15. The number of amides is 2. The van der Waals surface area contributed by atoms with Crippen molar-refractivity contribution in [2.45, 2.75) is 31.1 Å². The van der Waals surface area contributed by atoms with Crippen LogP contribution in [0.3, 0.4) is 0 Å². The van der Waals surface area contributed by atoms with Crippen LogP contribution in [0.1, 0.15) is 29.9 Å². The van der Waals surface area contributed by atoms with Crippen LogP contribution >= 0.6 is 11.3 Å². The molecule has 0 atom stereocenters. The lowest BCUT2D eigenvalue weighted by Gasteiger charge is -2.25. The van der Waals surface area contributed by atoms with Gasteiger partial charge in [-0.1, -0.05) is 32.0 Å². The number of rotatable bonds is 5. The highest BCUT2D eigenvalue weighted by molar-refractivity contribution is 7.91. The maximum absolute atomic E-state index is 12.5. The molecular formula is C16H20N2O3S2. The summed E-state index contributed by atoms with van der Waals surface area (Å²) in [7, 11) is -3.65. The number of urea groups is 1. The number of benzene rings is 1. The monoisotopic (exact) mass is 352 g/mol. The van der Waals surface area contributed by atoms with Crippen LogP contribution in [0.4, 0.5) is 4.79 Å². The molecule has 0 bridgehead atoms. The number of carbonyl (C=O) groups excluding carboxylic acids is 1. The average molecular weight is 352 g/mol. The maximum Gasteiger partial charge on any atom is 0.313 e. The molecule has 2 aromatic rings. The van der Waals surface area contributed by atoms with Crippen LogP contribution in [0, 0.1) is 6.92 Å². The summed E-state index contributed by atoms with van der Waals surface area (Å²) in [6, 6.07) is 8.57. The van der Waals surface area contributed by atoms with Gasteiger partial charge in [0.15, 0.2) is 9.84 Å². The molecule has 0 saturated carbocycles. The molecule has 23 heavy (non-hydrogen) atoms. The van der Waals surface area contributed by atoms with E-state index in [-0.39, 0.29) is 10.3 Å². The van der Waals surface area contributed by atoms with E-state index in [1.807, 2.05) is 23.6 Å². The van der Waals surface area contributed by atoms with Gasteiger partial charge in [0.05, 0.1) is 4.90 Å². The molecule has 0 radical (unpaired) electrons. The Morgan fingerprint density at radius 1 is 1.30 bits per heavy atom. The first-order chi connectivity index (χ1) is 10.6. The van der Waals surface area contributed by atoms with E-state index in [4.69, 9.17) is 5.73 Å². The smallest absolute Gasteiger partial charge is 0.313 e. The summed E-state index contributed by atoms with van der Waals surface area (Å²) in [6.07, 6.45) is 0. The highest BCUT2D eigenvalue weighted by Crippen LogP contribution is 2.35. The highest BCUT2D eigenvalue weighted by Gasteiger charge is 2.27. The predicted molar refractivity (Wildman–Crippen MR) is 92.4 cm³/mol. The molecule has 0 saturated heterocycles. The second-order valence-electron chi connectivity index (χ2n) is 5.88. The zero-order valence-electron chi connectivity index (χ0n) is 13.3. The van der Waals surface area contributed by atoms with Gasteiger partial charge >= 0.3 is 6.03 Å². The third-order valence-electron chi connectivity index (χ3n) is 3.82. The van der Waals surface area contributed by atoms with E-state index in [0.29, 0.717) is 5.56 Å². The molecule has 0 aliphatic carbocycles. The first kappa shape index (κ1) is 17.5. The molecule has 2 rings (SSSR count). The fourth-order valence-corrected chi connectivity index (χ4v) is 4.57. The van der Waals surface area contributed by atoms with Gasteiger partial charge in [0.2, 0.25) is 0 Å². The van der Waals surface area contributed by atoms with Crippen molar-refractivity contribution in [3.63, 3.8) is 0 Å². The van der Waals surface area contributed by atoms with Gasteiger partial charge in [0.1, 0.15) is 5.88 Å². The van der Waals surface area contributed by atoms with Crippen LogP contribution in [0.2, 0.25) is 0 Å². The Bertz CT molecular complexity index is 810. The zero-order chi connectivity index (χ0) is 17.3. The quantitative estimate of drug-likeness (QED) is 0.867. The van der Waals surface area contributed by atoms with Crippen molar-refractivity contribution < 1.29 is 13.2 Å². The standard InChI is InChI=1S/C16H20N2O3S2/c1-11-6-7-12(16(2,3)14-5-4-8-22-14)9-13(11)23(20,21)10-18-15(17)19/h4-9H,10H2,1-3H3,(H3,17,18,19). The molecule has 0 fully saturated rings. The molecule has 1 aromatic carbocycles. The molecule has 1 aromatic heterocycles. The van der Waals surface area contributed by atoms with Gasteiger partial charge in [-0.25, -0.2) is 13.2 Å². The van der Waals surface area contributed by atoms with Crippen molar-refractivity contribution in [2.24, 2.45) is 5.73 Å². The number of aryl methyl sites for hydroxylation is 1. The second kappa shape index (κ2) is 6.33. The van der Waals surface area contributed by atoms with Gasteiger partial charge in [0.25, 0.3) is 0 Å². The average Bonchev–Trinajstić information content (AvgIpc) is 3.00. The number of nitrogens with two attached hydrogens (primary N) is 1. The van der Waals surface area contributed by atoms with Gasteiger partial charge in [-0.15, -0.1) is 11.3 Å². The number of carbonyl (C=O) groups is 1. The Labute approximate surface area is 140 Å². The van der Waals surface area contributed by atoms with Crippen molar-refractivity contribution in [1.82, 2.24) is 5.32 Å².